The molecule has 0 saturated carbocycles. The molecule has 2 aromatic rings. The first-order valence-electron chi connectivity index (χ1n) is 11.5. The lowest BCUT2D eigenvalue weighted by atomic mass is 10.1. The van der Waals surface area contributed by atoms with Crippen LogP contribution >= 0.6 is 23.2 Å². The van der Waals surface area contributed by atoms with E-state index >= 15 is 0 Å². The molecular weight excluding hydrogens is 413 g/mol. The van der Waals surface area contributed by atoms with Crippen molar-refractivity contribution in [3.63, 3.8) is 0 Å². The van der Waals surface area contributed by atoms with Gasteiger partial charge in [0, 0.05) is 18.9 Å². The summed E-state index contributed by atoms with van der Waals surface area (Å²) in [5.41, 5.74) is 2.06. The van der Waals surface area contributed by atoms with E-state index in [0.29, 0.717) is 9.64 Å². The molecule has 2 unspecified atom stereocenters. The molecule has 0 spiro atoms. The number of benzene rings is 1. The van der Waals surface area contributed by atoms with E-state index in [4.69, 9.17) is 28.2 Å². The third-order valence-corrected chi connectivity index (χ3v) is 7.60. The molecule has 30 heavy (non-hydrogen) atoms. The van der Waals surface area contributed by atoms with Crippen LogP contribution in [0.5, 0.6) is 0 Å². The average molecular weight is 449 g/mol. The maximum Gasteiger partial charge on any atom is 0.239 e. The van der Waals surface area contributed by atoms with E-state index in [2.05, 4.69) is 50.1 Å². The lowest BCUT2D eigenvalue weighted by molar-refractivity contribution is -0.905. The number of unbranched alkanes of at least 4 members (excludes halogenated alkanes) is 7. The van der Waals surface area contributed by atoms with Crippen LogP contribution in [0.25, 0.3) is 10.9 Å². The number of rotatable bonds is 11. The van der Waals surface area contributed by atoms with Crippen molar-refractivity contribution in [2.45, 2.75) is 77.9 Å². The molecule has 2 heterocycles. The summed E-state index contributed by atoms with van der Waals surface area (Å²) in [6.07, 6.45) is 10.7. The number of aromatic nitrogens is 1. The molecule has 5 heteroatoms. The molecular formula is C25H36Cl2N3+. The molecule has 3 nitrogen and oxygen atoms in total. The van der Waals surface area contributed by atoms with Crippen molar-refractivity contribution in [3.05, 3.63) is 52.4 Å². The van der Waals surface area contributed by atoms with Crippen molar-refractivity contribution in [2.24, 2.45) is 0 Å². The fourth-order valence-corrected chi connectivity index (χ4v) is 5.13. The first-order chi connectivity index (χ1) is 14.5. The van der Waals surface area contributed by atoms with Gasteiger partial charge >= 0.3 is 0 Å². The summed E-state index contributed by atoms with van der Waals surface area (Å²) in [6.45, 7) is 6.19. The van der Waals surface area contributed by atoms with Gasteiger partial charge in [-0.1, -0.05) is 87.7 Å². The Morgan fingerprint density at radius 3 is 2.33 bits per heavy atom. The minimum atomic E-state index is 0.197. The molecule has 1 aliphatic rings. The topological polar surface area (TPSA) is 16.1 Å². The molecule has 164 valence electrons. The molecule has 1 aromatic carbocycles. The van der Waals surface area contributed by atoms with E-state index in [1.165, 1.54) is 44.9 Å². The van der Waals surface area contributed by atoms with Gasteiger partial charge in [-0.15, -0.1) is 0 Å². The monoisotopic (exact) mass is 448 g/mol. The highest BCUT2D eigenvalue weighted by Gasteiger charge is 2.47. The number of fused-ring (bicyclic) bond motifs is 1. The maximum absolute atomic E-state index is 6.79. The van der Waals surface area contributed by atoms with Crippen LogP contribution in [0.4, 0.5) is 0 Å². The van der Waals surface area contributed by atoms with Gasteiger partial charge in [0.25, 0.3) is 0 Å². The molecule has 0 N–H and O–H groups in total. The van der Waals surface area contributed by atoms with E-state index in [9.17, 15) is 0 Å². The second-order valence-corrected chi connectivity index (χ2v) is 9.52. The van der Waals surface area contributed by atoms with Gasteiger partial charge in [-0.2, -0.15) is 0 Å². The number of para-hydroxylation sites is 1. The number of pyridine rings is 1. The lowest BCUT2D eigenvalue weighted by Gasteiger charge is -2.36. The Hall–Kier alpha value is -1.29. The Balaban J connectivity index is 1.58. The highest BCUT2D eigenvalue weighted by atomic mass is 35.5. The Kier molecular flexibility index (Phi) is 8.44. The summed E-state index contributed by atoms with van der Waals surface area (Å²) in [5.74, 6) is 0. The standard InChI is InChI=1S/C25H36Cl2N3/c1-4-5-6-7-8-9-10-13-18-29-20(2)30(3,25(27)24(29)26)19-22-17-16-21-14-11-12-15-23(21)28-22/h11-12,14-17,20H,4-10,13,18-19H2,1-3H3/q+1. The Bertz CT molecular complexity index is 866. The number of quaternary nitrogens is 1. The normalized spacial score (nSPS) is 21.8. The van der Waals surface area contributed by atoms with Crippen molar-refractivity contribution in [1.82, 2.24) is 9.88 Å². The Morgan fingerprint density at radius 1 is 0.933 bits per heavy atom. The molecule has 0 saturated heterocycles. The molecule has 0 fully saturated rings. The predicted molar refractivity (Wildman–Crippen MR) is 129 cm³/mol. The molecule has 1 aromatic heterocycles. The van der Waals surface area contributed by atoms with E-state index in [1.54, 1.807) is 0 Å². The van der Waals surface area contributed by atoms with Crippen LogP contribution in [0.2, 0.25) is 0 Å². The zero-order valence-corrected chi connectivity index (χ0v) is 20.2. The molecule has 2 atom stereocenters. The van der Waals surface area contributed by atoms with Gasteiger partial charge < -0.3 is 4.90 Å². The quantitative estimate of drug-likeness (QED) is 0.200. The number of hydrogen-bond acceptors (Lipinski definition) is 2. The minimum Gasteiger partial charge on any atom is -0.307 e. The zero-order valence-electron chi connectivity index (χ0n) is 18.7. The summed E-state index contributed by atoms with van der Waals surface area (Å²) in [6, 6.07) is 12.5. The third-order valence-electron chi connectivity index (χ3n) is 6.55. The van der Waals surface area contributed by atoms with Crippen molar-refractivity contribution in [3.8, 4) is 0 Å². The van der Waals surface area contributed by atoms with Gasteiger partial charge in [0.15, 0.2) is 11.3 Å². The molecule has 0 aliphatic carbocycles. The van der Waals surface area contributed by atoms with Crippen molar-refractivity contribution < 1.29 is 4.48 Å². The van der Waals surface area contributed by atoms with Crippen LogP contribution in [0.15, 0.2) is 46.7 Å². The van der Waals surface area contributed by atoms with Crippen LogP contribution in [0.3, 0.4) is 0 Å². The predicted octanol–water partition coefficient (Wildman–Crippen LogP) is 7.59. The van der Waals surface area contributed by atoms with E-state index in [1.807, 2.05) is 12.1 Å². The maximum atomic E-state index is 6.79. The van der Waals surface area contributed by atoms with Crippen LogP contribution in [0, 0.1) is 0 Å². The second-order valence-electron chi connectivity index (χ2n) is 8.80. The second kappa shape index (κ2) is 10.8. The summed E-state index contributed by atoms with van der Waals surface area (Å²) < 4.78 is 0.572. The summed E-state index contributed by atoms with van der Waals surface area (Å²) >= 11 is 13.5. The van der Waals surface area contributed by atoms with Crippen LogP contribution in [-0.4, -0.2) is 34.1 Å². The van der Waals surface area contributed by atoms with E-state index < -0.39 is 0 Å². The number of nitrogens with zero attached hydrogens (tertiary/aromatic N) is 3. The fraction of sp³-hybridized carbons (Fsp3) is 0.560. The lowest BCUT2D eigenvalue weighted by Crippen LogP contribution is -2.50. The van der Waals surface area contributed by atoms with Gasteiger partial charge in [0.2, 0.25) is 5.16 Å². The van der Waals surface area contributed by atoms with Crippen LogP contribution in [0.1, 0.15) is 70.9 Å². The number of hydrogen-bond donors (Lipinski definition) is 0. The third kappa shape index (κ3) is 5.30. The fourth-order valence-electron chi connectivity index (χ4n) is 4.40. The highest BCUT2D eigenvalue weighted by molar-refractivity contribution is 6.38. The Morgan fingerprint density at radius 2 is 1.60 bits per heavy atom. The molecule has 0 bridgehead atoms. The molecule has 0 radical (unpaired) electrons. The molecule has 3 rings (SSSR count). The first kappa shape index (κ1) is 23.4. The zero-order chi connectivity index (χ0) is 21.6. The van der Waals surface area contributed by atoms with Gasteiger partial charge in [-0.25, -0.2) is 4.98 Å². The smallest absolute Gasteiger partial charge is 0.239 e. The SMILES string of the molecule is CCCCCCCCCCN1C(Cl)=C(Cl)[N+](C)(Cc2ccc3ccccc3n2)C1C. The van der Waals surface area contributed by atoms with E-state index in [0.717, 1.165) is 41.3 Å². The largest absolute Gasteiger partial charge is 0.307 e. The van der Waals surface area contributed by atoms with Crippen molar-refractivity contribution in [1.29, 1.82) is 0 Å². The van der Waals surface area contributed by atoms with Crippen LogP contribution in [-0.2, 0) is 6.54 Å². The van der Waals surface area contributed by atoms with E-state index in [-0.39, 0.29) is 6.17 Å². The Labute approximate surface area is 192 Å². The number of halogens is 2. The van der Waals surface area contributed by atoms with Crippen molar-refractivity contribution in [2.75, 3.05) is 13.6 Å². The van der Waals surface area contributed by atoms with Gasteiger partial charge in [-0.3, -0.25) is 4.48 Å². The molecule has 0 amide bonds. The summed E-state index contributed by atoms with van der Waals surface area (Å²) in [7, 11) is 2.17. The summed E-state index contributed by atoms with van der Waals surface area (Å²) in [5, 5.41) is 2.59. The first-order valence-corrected chi connectivity index (χ1v) is 12.3. The molecule has 1 aliphatic heterocycles. The highest BCUT2D eigenvalue weighted by Crippen LogP contribution is 2.41. The van der Waals surface area contributed by atoms with Gasteiger partial charge in [0.05, 0.1) is 18.3 Å². The van der Waals surface area contributed by atoms with Gasteiger partial charge in [-0.05, 0) is 30.2 Å². The van der Waals surface area contributed by atoms with Crippen molar-refractivity contribution >= 4 is 34.1 Å². The summed E-state index contributed by atoms with van der Waals surface area (Å²) in [4.78, 5) is 7.14. The average Bonchev–Trinajstić information content (AvgIpc) is 2.90. The van der Waals surface area contributed by atoms with Gasteiger partial charge in [0.1, 0.15) is 6.54 Å². The van der Waals surface area contributed by atoms with Crippen LogP contribution < -0.4 is 0 Å². The minimum absolute atomic E-state index is 0.197.